The molecule has 4 nitrogen and oxygen atoms in total. The fourth-order valence-electron chi connectivity index (χ4n) is 0.994. The van der Waals surface area contributed by atoms with Crippen molar-refractivity contribution in [3.8, 4) is 0 Å². The monoisotopic (exact) mass is 148 g/mol. The van der Waals surface area contributed by atoms with E-state index in [-0.39, 0.29) is 18.8 Å². The Kier molecular flexibility index (Phi) is 5.52. The highest BCUT2D eigenvalue weighted by atomic mass is 16.3. The van der Waals surface area contributed by atoms with Crippen LogP contribution in [0.3, 0.4) is 0 Å². The second kappa shape index (κ2) is 5.61. The van der Waals surface area contributed by atoms with Crippen LogP contribution in [-0.4, -0.2) is 36.1 Å². The molecule has 1 saturated heterocycles. The van der Waals surface area contributed by atoms with Gasteiger partial charge in [-0.1, -0.05) is 0 Å². The molecule has 0 radical (unpaired) electrons. The van der Waals surface area contributed by atoms with Gasteiger partial charge >= 0.3 is 0 Å². The highest BCUT2D eigenvalue weighted by molar-refractivity contribution is 4.78. The number of nitrogens with one attached hydrogen (secondary N) is 1. The minimum Gasteiger partial charge on any atom is -0.400 e. The highest BCUT2D eigenvalue weighted by Crippen LogP contribution is 2.06. The molecule has 0 bridgehead atoms. The zero-order valence-corrected chi connectivity index (χ0v) is 6.25. The second-order valence-electron chi connectivity index (χ2n) is 2.23. The summed E-state index contributed by atoms with van der Waals surface area (Å²) in [5.41, 5.74) is 5.48. The molecule has 0 aromatic carbocycles. The van der Waals surface area contributed by atoms with Crippen molar-refractivity contribution in [1.82, 2.24) is 5.32 Å². The summed E-state index contributed by atoms with van der Waals surface area (Å²) in [6, 6.07) is 0.255. The molecule has 1 fully saturated rings. The first kappa shape index (κ1) is 9.84. The largest absolute Gasteiger partial charge is 0.400 e. The molecule has 5 N–H and O–H groups in total. The quantitative estimate of drug-likeness (QED) is 0.370. The summed E-state index contributed by atoms with van der Waals surface area (Å²) in [6.07, 6.45) is 2.12. The van der Waals surface area contributed by atoms with Crippen LogP contribution in [-0.2, 0) is 0 Å². The van der Waals surface area contributed by atoms with E-state index in [4.69, 9.17) is 15.9 Å². The Morgan fingerprint density at radius 1 is 1.50 bits per heavy atom. The second-order valence-corrected chi connectivity index (χ2v) is 2.23. The average molecular weight is 148 g/mol. The van der Waals surface area contributed by atoms with E-state index in [1.54, 1.807) is 0 Å². The lowest BCUT2D eigenvalue weighted by atomic mass is 10.2. The van der Waals surface area contributed by atoms with Gasteiger partial charge in [0.2, 0.25) is 0 Å². The van der Waals surface area contributed by atoms with Gasteiger partial charge in [0.25, 0.3) is 0 Å². The van der Waals surface area contributed by atoms with E-state index in [0.717, 1.165) is 20.0 Å². The van der Waals surface area contributed by atoms with E-state index in [2.05, 4.69) is 5.32 Å². The van der Waals surface area contributed by atoms with Crippen LogP contribution in [0.4, 0.5) is 0 Å². The minimum absolute atomic E-state index is 0.118. The molecule has 1 heterocycles. The van der Waals surface area contributed by atoms with E-state index >= 15 is 0 Å². The van der Waals surface area contributed by atoms with E-state index in [9.17, 15) is 0 Å². The Hall–Kier alpha value is -0.160. The molecule has 4 heteroatoms. The van der Waals surface area contributed by atoms with Gasteiger partial charge in [-0.3, -0.25) is 5.32 Å². The van der Waals surface area contributed by atoms with Gasteiger partial charge in [-0.2, -0.15) is 0 Å². The molecule has 0 saturated carbocycles. The zero-order valence-electron chi connectivity index (χ0n) is 6.25. The summed E-state index contributed by atoms with van der Waals surface area (Å²) in [4.78, 5) is 0. The molecule has 0 amide bonds. The van der Waals surface area contributed by atoms with Crippen LogP contribution in [0.2, 0.25) is 0 Å². The van der Waals surface area contributed by atoms with Crippen molar-refractivity contribution in [2.24, 2.45) is 5.73 Å². The van der Waals surface area contributed by atoms with Crippen LogP contribution in [0.1, 0.15) is 12.8 Å². The van der Waals surface area contributed by atoms with E-state index < -0.39 is 0 Å². The van der Waals surface area contributed by atoms with Crippen molar-refractivity contribution in [2.75, 3.05) is 13.7 Å². The Labute approximate surface area is 61.0 Å². The van der Waals surface area contributed by atoms with Crippen molar-refractivity contribution in [3.05, 3.63) is 0 Å². The van der Waals surface area contributed by atoms with Crippen LogP contribution in [0.15, 0.2) is 0 Å². The van der Waals surface area contributed by atoms with Gasteiger partial charge in [0.05, 0.1) is 12.8 Å². The van der Waals surface area contributed by atoms with Gasteiger partial charge in [0, 0.05) is 13.2 Å². The fourth-order valence-corrected chi connectivity index (χ4v) is 0.994. The fraction of sp³-hybridized carbons (Fsp3) is 1.00. The first-order chi connectivity index (χ1) is 4.83. The van der Waals surface area contributed by atoms with Crippen LogP contribution >= 0.6 is 0 Å². The molecule has 2 atom stereocenters. The number of hydrogen-bond acceptors (Lipinski definition) is 4. The molecule has 0 spiro atoms. The van der Waals surface area contributed by atoms with Crippen molar-refractivity contribution in [2.45, 2.75) is 25.0 Å². The van der Waals surface area contributed by atoms with Crippen LogP contribution < -0.4 is 11.1 Å². The normalized spacial score (nSPS) is 31.2. The van der Waals surface area contributed by atoms with Crippen LogP contribution in [0, 0.1) is 0 Å². The third kappa shape index (κ3) is 3.12. The summed E-state index contributed by atoms with van der Waals surface area (Å²) < 4.78 is 0. The van der Waals surface area contributed by atoms with Crippen molar-refractivity contribution < 1.29 is 10.2 Å². The first-order valence-electron chi connectivity index (χ1n) is 3.40. The molecule has 0 aromatic rings. The van der Waals surface area contributed by atoms with Gasteiger partial charge in [-0.25, -0.2) is 0 Å². The topological polar surface area (TPSA) is 78.5 Å². The summed E-state index contributed by atoms with van der Waals surface area (Å²) in [7, 11) is 1.00. The molecule has 0 aliphatic carbocycles. The number of hydrogen-bond donors (Lipinski definition) is 4. The molecule has 1 rings (SSSR count). The lowest BCUT2D eigenvalue weighted by molar-refractivity contribution is 0.252. The maximum atomic E-state index is 8.57. The summed E-state index contributed by atoms with van der Waals surface area (Å²) in [5, 5.41) is 18.6. The van der Waals surface area contributed by atoms with Gasteiger partial charge in [0.15, 0.2) is 0 Å². The molecular weight excluding hydrogens is 132 g/mol. The first-order valence-corrected chi connectivity index (χ1v) is 3.40. The summed E-state index contributed by atoms with van der Waals surface area (Å²) in [6.45, 7) is 0.216. The smallest absolute Gasteiger partial charge is 0.0585 e. The highest BCUT2D eigenvalue weighted by Gasteiger charge is 2.18. The molecular formula is C6H16N2O2. The molecule has 1 aliphatic rings. The lowest BCUT2D eigenvalue weighted by Crippen LogP contribution is -2.37. The minimum atomic E-state index is 0.118. The third-order valence-electron chi connectivity index (χ3n) is 1.50. The van der Waals surface area contributed by atoms with E-state index in [1.165, 1.54) is 0 Å². The van der Waals surface area contributed by atoms with Gasteiger partial charge in [-0.05, 0) is 12.8 Å². The number of nitrogens with two attached hydrogens (primary N) is 1. The molecule has 2 unspecified atom stereocenters. The van der Waals surface area contributed by atoms with Crippen molar-refractivity contribution in [1.29, 1.82) is 0 Å². The standard InChI is InChI=1S/C5H12N2O.CH4O/c6-5-2-1-4(3-8)7-5;1-2/h4-5,7-8H,1-3,6H2;2H,1H3. The zero-order chi connectivity index (χ0) is 7.98. The van der Waals surface area contributed by atoms with Gasteiger partial charge in [0.1, 0.15) is 0 Å². The molecule has 0 aromatic heterocycles. The third-order valence-corrected chi connectivity index (χ3v) is 1.50. The van der Waals surface area contributed by atoms with E-state index in [0.29, 0.717) is 0 Å². The maximum absolute atomic E-state index is 8.57. The Morgan fingerprint density at radius 3 is 2.30 bits per heavy atom. The predicted octanol–water partition coefficient (Wildman–Crippen LogP) is -1.38. The van der Waals surface area contributed by atoms with Crippen LogP contribution in [0.5, 0.6) is 0 Å². The predicted molar refractivity (Wildman–Crippen MR) is 39.4 cm³/mol. The Bertz CT molecular complexity index is 80.1. The van der Waals surface area contributed by atoms with Crippen LogP contribution in [0.25, 0.3) is 0 Å². The Morgan fingerprint density at radius 2 is 2.10 bits per heavy atom. The lowest BCUT2D eigenvalue weighted by Gasteiger charge is -2.05. The molecule has 62 valence electrons. The number of rotatable bonds is 1. The summed E-state index contributed by atoms with van der Waals surface area (Å²) >= 11 is 0. The van der Waals surface area contributed by atoms with Gasteiger partial charge < -0.3 is 15.9 Å². The average Bonchev–Trinajstić information content (AvgIpc) is 2.40. The molecule has 1 aliphatic heterocycles. The Balaban J connectivity index is 0.000000371. The SMILES string of the molecule is CO.NC1CCC(CO)N1. The van der Waals surface area contributed by atoms with Gasteiger partial charge in [-0.15, -0.1) is 0 Å². The number of aliphatic hydroxyl groups excluding tert-OH is 2. The summed E-state index contributed by atoms with van der Waals surface area (Å²) in [5.74, 6) is 0. The number of aliphatic hydroxyl groups is 2. The molecule has 10 heavy (non-hydrogen) atoms. The van der Waals surface area contributed by atoms with Crippen molar-refractivity contribution in [3.63, 3.8) is 0 Å². The van der Waals surface area contributed by atoms with E-state index in [1.807, 2.05) is 0 Å². The van der Waals surface area contributed by atoms with Crippen molar-refractivity contribution >= 4 is 0 Å². The maximum Gasteiger partial charge on any atom is 0.0585 e.